The molecule has 0 N–H and O–H groups in total. The summed E-state index contributed by atoms with van der Waals surface area (Å²) >= 11 is 0. The van der Waals surface area contributed by atoms with E-state index in [9.17, 15) is 14.0 Å². The number of hydrogen-bond acceptors (Lipinski definition) is 4. The zero-order chi connectivity index (χ0) is 14.9. The lowest BCUT2D eigenvalue weighted by atomic mass is 10.1. The van der Waals surface area contributed by atoms with E-state index < -0.39 is 23.6 Å². The Morgan fingerprint density at radius 1 is 1.45 bits per heavy atom. The molecular weight excluding hydrogens is 263 g/mol. The van der Waals surface area contributed by atoms with Crippen LogP contribution in [0.3, 0.4) is 0 Å². The zero-order valence-electron chi connectivity index (χ0n) is 11.7. The number of rotatable bonds is 1. The van der Waals surface area contributed by atoms with Crippen molar-refractivity contribution in [2.75, 3.05) is 6.54 Å². The lowest BCUT2D eigenvalue weighted by Gasteiger charge is -2.28. The molecule has 108 valence electrons. The van der Waals surface area contributed by atoms with Gasteiger partial charge in [0.05, 0.1) is 18.8 Å². The topological polar surface area (TPSA) is 59.5 Å². The van der Waals surface area contributed by atoms with Crippen LogP contribution in [-0.4, -0.2) is 33.9 Å². The van der Waals surface area contributed by atoms with Gasteiger partial charge in [-0.2, -0.15) is 0 Å². The van der Waals surface area contributed by atoms with Crippen molar-refractivity contribution < 1.29 is 18.7 Å². The van der Waals surface area contributed by atoms with Gasteiger partial charge in [-0.05, 0) is 32.4 Å². The minimum atomic E-state index is -0.645. The average Bonchev–Trinajstić information content (AvgIpc) is 2.69. The number of likely N-dealkylation sites (tertiary alicyclic amines) is 1. The van der Waals surface area contributed by atoms with Crippen molar-refractivity contribution in [2.24, 2.45) is 0 Å². The highest BCUT2D eigenvalue weighted by atomic mass is 19.1. The number of carbonyl (C=O) groups is 2. The number of amides is 1. The number of ketones is 1. The van der Waals surface area contributed by atoms with Gasteiger partial charge in [0.25, 0.3) is 0 Å². The van der Waals surface area contributed by atoms with E-state index in [-0.39, 0.29) is 18.7 Å². The fraction of sp³-hybridized carbons (Fsp3) is 0.500. The maximum Gasteiger partial charge on any atom is 0.411 e. The van der Waals surface area contributed by atoms with Crippen LogP contribution in [0.15, 0.2) is 18.5 Å². The van der Waals surface area contributed by atoms with Crippen LogP contribution in [0.25, 0.3) is 0 Å². The Kier molecular flexibility index (Phi) is 3.74. The molecule has 6 heteroatoms. The first kappa shape index (κ1) is 14.4. The smallest absolute Gasteiger partial charge is 0.411 e. The van der Waals surface area contributed by atoms with Gasteiger partial charge in [-0.25, -0.2) is 9.18 Å². The predicted octanol–water partition coefficient (Wildman–Crippen LogP) is 2.47. The molecule has 1 saturated heterocycles. The van der Waals surface area contributed by atoms with Crippen molar-refractivity contribution in [3.8, 4) is 0 Å². The van der Waals surface area contributed by atoms with E-state index in [1.807, 2.05) is 0 Å². The first-order valence-corrected chi connectivity index (χ1v) is 6.38. The molecule has 0 bridgehead atoms. The van der Waals surface area contributed by atoms with E-state index >= 15 is 0 Å². The second-order valence-corrected chi connectivity index (χ2v) is 5.80. The lowest BCUT2D eigenvalue weighted by molar-refractivity contribution is -0.117. The fourth-order valence-electron chi connectivity index (χ4n) is 2.11. The molecular formula is C14H17FN2O3. The molecule has 5 nitrogen and oxygen atoms in total. The third-order valence-electron chi connectivity index (χ3n) is 2.88. The molecule has 1 fully saturated rings. The van der Waals surface area contributed by atoms with Crippen molar-refractivity contribution in [3.63, 3.8) is 0 Å². The Morgan fingerprint density at radius 3 is 2.75 bits per heavy atom. The molecule has 2 rings (SSSR count). The monoisotopic (exact) mass is 280 g/mol. The molecule has 0 radical (unpaired) electrons. The van der Waals surface area contributed by atoms with E-state index in [0.717, 1.165) is 6.20 Å². The number of aromatic nitrogens is 1. The van der Waals surface area contributed by atoms with E-state index in [0.29, 0.717) is 5.56 Å². The van der Waals surface area contributed by atoms with Crippen molar-refractivity contribution in [1.82, 2.24) is 9.88 Å². The van der Waals surface area contributed by atoms with Crippen LogP contribution in [0.1, 0.15) is 38.8 Å². The normalized spacial score (nSPS) is 19.3. The Morgan fingerprint density at radius 2 is 2.15 bits per heavy atom. The first-order chi connectivity index (χ1) is 9.26. The molecule has 0 aromatic carbocycles. The van der Waals surface area contributed by atoms with Gasteiger partial charge in [0.15, 0.2) is 5.78 Å². The third kappa shape index (κ3) is 3.31. The fourth-order valence-corrected chi connectivity index (χ4v) is 2.11. The van der Waals surface area contributed by atoms with E-state index in [1.165, 1.54) is 17.2 Å². The molecule has 1 aliphatic heterocycles. The summed E-state index contributed by atoms with van der Waals surface area (Å²) in [5.74, 6) is -0.573. The summed E-state index contributed by atoms with van der Waals surface area (Å²) in [4.78, 5) is 28.8. The van der Waals surface area contributed by atoms with Crippen molar-refractivity contribution in [2.45, 2.75) is 38.8 Å². The summed E-state index contributed by atoms with van der Waals surface area (Å²) in [5, 5.41) is 0. The number of nitrogens with zero attached hydrogens (tertiary/aromatic N) is 2. The summed E-state index contributed by atoms with van der Waals surface area (Å²) in [6, 6.07) is 0.772. The largest absolute Gasteiger partial charge is 0.444 e. The Labute approximate surface area is 116 Å². The van der Waals surface area contributed by atoms with Crippen LogP contribution in [0, 0.1) is 5.82 Å². The van der Waals surface area contributed by atoms with Crippen LogP contribution in [0.5, 0.6) is 0 Å². The Hall–Kier alpha value is -1.98. The van der Waals surface area contributed by atoms with Gasteiger partial charge in [-0.3, -0.25) is 14.7 Å². The van der Waals surface area contributed by atoms with Crippen molar-refractivity contribution in [3.05, 3.63) is 29.8 Å². The van der Waals surface area contributed by atoms with Crippen LogP contribution in [0.4, 0.5) is 9.18 Å². The van der Waals surface area contributed by atoms with Crippen molar-refractivity contribution in [1.29, 1.82) is 0 Å². The average molecular weight is 280 g/mol. The summed E-state index contributed by atoms with van der Waals surface area (Å²) in [5.41, 5.74) is -0.144. The third-order valence-corrected chi connectivity index (χ3v) is 2.88. The number of halogens is 1. The van der Waals surface area contributed by atoms with Crippen LogP contribution >= 0.6 is 0 Å². The summed E-state index contributed by atoms with van der Waals surface area (Å²) in [6.45, 7) is 5.24. The quantitative estimate of drug-likeness (QED) is 0.793. The SMILES string of the molecule is CC(C)(C)OC(=O)N1CC(=O)CC1c1cncc(F)c1. The lowest BCUT2D eigenvalue weighted by Crippen LogP contribution is -2.36. The summed E-state index contributed by atoms with van der Waals surface area (Å²) in [7, 11) is 0. The highest BCUT2D eigenvalue weighted by molar-refractivity contribution is 5.88. The Balaban J connectivity index is 2.23. The van der Waals surface area contributed by atoms with Gasteiger partial charge in [-0.1, -0.05) is 0 Å². The molecule has 0 saturated carbocycles. The van der Waals surface area contributed by atoms with Crippen LogP contribution < -0.4 is 0 Å². The van der Waals surface area contributed by atoms with E-state index in [1.54, 1.807) is 20.8 Å². The highest BCUT2D eigenvalue weighted by Crippen LogP contribution is 2.31. The van der Waals surface area contributed by atoms with Gasteiger partial charge in [0.2, 0.25) is 0 Å². The molecule has 1 aliphatic rings. The molecule has 0 spiro atoms. The van der Waals surface area contributed by atoms with Gasteiger partial charge < -0.3 is 4.74 Å². The molecule has 1 aromatic heterocycles. The summed E-state index contributed by atoms with van der Waals surface area (Å²) in [6.07, 6.45) is 2.13. The first-order valence-electron chi connectivity index (χ1n) is 6.38. The maximum atomic E-state index is 13.2. The highest BCUT2D eigenvalue weighted by Gasteiger charge is 2.37. The minimum absolute atomic E-state index is 0.0178. The molecule has 1 aromatic rings. The number of Topliss-reactive ketones (excluding diaryl/α,β-unsaturated/α-hetero) is 1. The minimum Gasteiger partial charge on any atom is -0.444 e. The van der Waals surface area contributed by atoms with Crippen LogP contribution in [0.2, 0.25) is 0 Å². The van der Waals surface area contributed by atoms with E-state index in [4.69, 9.17) is 4.74 Å². The van der Waals surface area contributed by atoms with Gasteiger partial charge in [-0.15, -0.1) is 0 Å². The second kappa shape index (κ2) is 5.19. The maximum absolute atomic E-state index is 13.2. The Bertz CT molecular complexity index is 539. The number of pyridine rings is 1. The van der Waals surface area contributed by atoms with Crippen molar-refractivity contribution >= 4 is 11.9 Å². The molecule has 1 atom stereocenters. The zero-order valence-corrected chi connectivity index (χ0v) is 11.7. The van der Waals surface area contributed by atoms with E-state index in [2.05, 4.69) is 4.98 Å². The molecule has 2 heterocycles. The van der Waals surface area contributed by atoms with Gasteiger partial charge in [0.1, 0.15) is 11.4 Å². The molecule has 1 amide bonds. The number of carbonyl (C=O) groups excluding carboxylic acids is 2. The van der Waals surface area contributed by atoms with Gasteiger partial charge >= 0.3 is 6.09 Å². The van der Waals surface area contributed by atoms with Crippen LogP contribution in [-0.2, 0) is 9.53 Å². The second-order valence-electron chi connectivity index (χ2n) is 5.80. The van der Waals surface area contributed by atoms with Gasteiger partial charge in [0, 0.05) is 12.6 Å². The standard InChI is InChI=1S/C14H17FN2O3/c1-14(2,3)20-13(19)17-8-11(18)5-12(17)9-4-10(15)7-16-6-9/h4,6-7,12H,5,8H2,1-3H3. The number of hydrogen-bond donors (Lipinski definition) is 0. The summed E-state index contributed by atoms with van der Waals surface area (Å²) < 4.78 is 18.5. The molecule has 0 aliphatic carbocycles. The molecule has 20 heavy (non-hydrogen) atoms. The molecule has 1 unspecified atom stereocenters. The number of ether oxygens (including phenoxy) is 1. The predicted molar refractivity (Wildman–Crippen MR) is 69.5 cm³/mol.